The fourth-order valence-corrected chi connectivity index (χ4v) is 2.62. The molecule has 0 unspecified atom stereocenters. The molecule has 0 amide bonds. The van der Waals surface area contributed by atoms with E-state index < -0.39 is 0 Å². The van der Waals surface area contributed by atoms with Crippen LogP contribution < -0.4 is 10.6 Å². The highest BCUT2D eigenvalue weighted by atomic mass is 32.2. The van der Waals surface area contributed by atoms with Crippen LogP contribution in [0.5, 0.6) is 0 Å². The van der Waals surface area contributed by atoms with E-state index in [1.165, 1.54) is 11.5 Å². The number of nitrogens with two attached hydrogens (primary N) is 1. The number of hydrogen-bond acceptors (Lipinski definition) is 5. The van der Waals surface area contributed by atoms with Crippen LogP contribution in [0.1, 0.15) is 11.4 Å². The Morgan fingerprint density at radius 1 is 1.20 bits per heavy atom. The van der Waals surface area contributed by atoms with Gasteiger partial charge in [-0.3, -0.25) is 0 Å². The molecular formula is C10H16N4S. The van der Waals surface area contributed by atoms with E-state index in [1.54, 1.807) is 0 Å². The molecule has 15 heavy (non-hydrogen) atoms. The summed E-state index contributed by atoms with van der Waals surface area (Å²) >= 11 is 1.99. The molecule has 0 radical (unpaired) electrons. The fraction of sp³-hybridized carbons (Fsp3) is 0.600. The van der Waals surface area contributed by atoms with E-state index in [4.69, 9.17) is 5.73 Å². The summed E-state index contributed by atoms with van der Waals surface area (Å²) in [6.45, 7) is 5.99. The molecule has 1 fully saturated rings. The van der Waals surface area contributed by atoms with Crippen molar-refractivity contribution in [3.63, 3.8) is 0 Å². The molecule has 1 aliphatic rings. The Hall–Kier alpha value is -0.970. The van der Waals surface area contributed by atoms with Crippen LogP contribution >= 0.6 is 11.8 Å². The number of thioether (sulfide) groups is 1. The summed E-state index contributed by atoms with van der Waals surface area (Å²) in [7, 11) is 0. The van der Waals surface area contributed by atoms with Gasteiger partial charge in [0.25, 0.3) is 0 Å². The van der Waals surface area contributed by atoms with Gasteiger partial charge in [0.15, 0.2) is 0 Å². The highest BCUT2D eigenvalue weighted by Crippen LogP contribution is 2.23. The van der Waals surface area contributed by atoms with Crippen molar-refractivity contribution in [2.75, 3.05) is 35.2 Å². The van der Waals surface area contributed by atoms with Crippen molar-refractivity contribution < 1.29 is 0 Å². The average molecular weight is 224 g/mol. The summed E-state index contributed by atoms with van der Waals surface area (Å²) in [4.78, 5) is 10.9. The van der Waals surface area contributed by atoms with Crippen molar-refractivity contribution in [3.8, 4) is 0 Å². The molecule has 1 aromatic rings. The molecule has 0 spiro atoms. The maximum Gasteiger partial charge on any atom is 0.137 e. The van der Waals surface area contributed by atoms with Gasteiger partial charge in [-0.1, -0.05) is 0 Å². The number of nitrogen functional groups attached to an aromatic ring is 1. The molecule has 1 aliphatic heterocycles. The van der Waals surface area contributed by atoms with Crippen LogP contribution in [0.4, 0.5) is 11.6 Å². The van der Waals surface area contributed by atoms with Crippen LogP contribution in [0, 0.1) is 13.8 Å². The van der Waals surface area contributed by atoms with Gasteiger partial charge in [0, 0.05) is 30.2 Å². The topological polar surface area (TPSA) is 55.0 Å². The van der Waals surface area contributed by atoms with Gasteiger partial charge < -0.3 is 10.6 Å². The Bertz CT molecular complexity index is 361. The fourth-order valence-electron chi connectivity index (χ4n) is 1.72. The van der Waals surface area contributed by atoms with Crippen molar-refractivity contribution in [3.05, 3.63) is 11.4 Å². The smallest absolute Gasteiger partial charge is 0.137 e. The Morgan fingerprint density at radius 3 is 2.53 bits per heavy atom. The molecule has 0 atom stereocenters. The van der Waals surface area contributed by atoms with Gasteiger partial charge in [0.05, 0.1) is 0 Å². The largest absolute Gasteiger partial charge is 0.383 e. The molecule has 1 saturated heterocycles. The van der Waals surface area contributed by atoms with Gasteiger partial charge in [-0.25, -0.2) is 9.97 Å². The minimum absolute atomic E-state index is 0.607. The molecule has 2 rings (SSSR count). The Kier molecular flexibility index (Phi) is 3.00. The van der Waals surface area contributed by atoms with Crippen molar-refractivity contribution in [2.45, 2.75) is 13.8 Å². The molecule has 2 heterocycles. The van der Waals surface area contributed by atoms with Crippen molar-refractivity contribution >= 4 is 23.4 Å². The average Bonchev–Trinajstić information content (AvgIpc) is 2.24. The summed E-state index contributed by atoms with van der Waals surface area (Å²) in [5.74, 6) is 4.72. The molecular weight excluding hydrogens is 208 g/mol. The van der Waals surface area contributed by atoms with Gasteiger partial charge in [-0.05, 0) is 13.8 Å². The van der Waals surface area contributed by atoms with Gasteiger partial charge in [0.2, 0.25) is 0 Å². The second-order valence-electron chi connectivity index (χ2n) is 3.70. The normalized spacial score (nSPS) is 16.8. The van der Waals surface area contributed by atoms with Crippen molar-refractivity contribution in [2.24, 2.45) is 0 Å². The lowest BCUT2D eigenvalue weighted by Gasteiger charge is -2.29. The van der Waals surface area contributed by atoms with E-state index in [-0.39, 0.29) is 0 Å². The Morgan fingerprint density at radius 2 is 1.87 bits per heavy atom. The molecule has 82 valence electrons. The van der Waals surface area contributed by atoms with E-state index in [2.05, 4.69) is 14.9 Å². The molecule has 0 saturated carbocycles. The molecule has 1 aromatic heterocycles. The number of anilines is 2. The van der Waals surface area contributed by atoms with Crippen molar-refractivity contribution in [1.82, 2.24) is 9.97 Å². The Labute approximate surface area is 94.3 Å². The predicted molar refractivity (Wildman–Crippen MR) is 65.5 cm³/mol. The first-order valence-corrected chi connectivity index (χ1v) is 6.27. The zero-order valence-electron chi connectivity index (χ0n) is 9.16. The van der Waals surface area contributed by atoms with Gasteiger partial charge in [-0.15, -0.1) is 0 Å². The molecule has 0 aromatic carbocycles. The summed E-state index contributed by atoms with van der Waals surface area (Å²) in [5, 5.41) is 0. The molecule has 0 bridgehead atoms. The van der Waals surface area contributed by atoms with E-state index in [0.29, 0.717) is 5.82 Å². The highest BCUT2D eigenvalue weighted by Gasteiger charge is 2.16. The van der Waals surface area contributed by atoms with Crippen LogP contribution in [0.2, 0.25) is 0 Å². The highest BCUT2D eigenvalue weighted by molar-refractivity contribution is 7.99. The van der Waals surface area contributed by atoms with Crippen LogP contribution in [-0.4, -0.2) is 34.6 Å². The second-order valence-corrected chi connectivity index (χ2v) is 4.93. The molecule has 4 nitrogen and oxygen atoms in total. The maximum absolute atomic E-state index is 5.85. The SMILES string of the molecule is Cc1nc(N)c(C)c(N2CCSCC2)n1. The number of aryl methyl sites for hydroxylation is 1. The quantitative estimate of drug-likeness (QED) is 0.777. The van der Waals surface area contributed by atoms with Gasteiger partial charge in [-0.2, -0.15) is 11.8 Å². The van der Waals surface area contributed by atoms with E-state index in [0.717, 1.165) is 30.3 Å². The van der Waals surface area contributed by atoms with Crippen LogP contribution in [-0.2, 0) is 0 Å². The standard InChI is InChI=1S/C10H16N4S/c1-7-9(11)12-8(2)13-10(7)14-3-5-15-6-4-14/h3-6H2,1-2H3,(H2,11,12,13). The van der Waals surface area contributed by atoms with E-state index in [1.807, 2.05) is 25.6 Å². The van der Waals surface area contributed by atoms with Crippen LogP contribution in [0.3, 0.4) is 0 Å². The Balaban J connectivity index is 2.33. The van der Waals surface area contributed by atoms with E-state index >= 15 is 0 Å². The third-order valence-electron chi connectivity index (χ3n) is 2.58. The maximum atomic E-state index is 5.85. The van der Waals surface area contributed by atoms with Gasteiger partial charge in [0.1, 0.15) is 17.5 Å². The minimum atomic E-state index is 0.607. The lowest BCUT2D eigenvalue weighted by molar-refractivity contribution is 0.823. The van der Waals surface area contributed by atoms with Crippen molar-refractivity contribution in [1.29, 1.82) is 0 Å². The minimum Gasteiger partial charge on any atom is -0.383 e. The zero-order valence-corrected chi connectivity index (χ0v) is 9.97. The molecule has 5 heteroatoms. The first-order chi connectivity index (χ1) is 7.18. The summed E-state index contributed by atoms with van der Waals surface area (Å²) in [6.07, 6.45) is 0. The zero-order chi connectivity index (χ0) is 10.8. The second kappa shape index (κ2) is 4.26. The lowest BCUT2D eigenvalue weighted by Crippen LogP contribution is -2.34. The van der Waals surface area contributed by atoms with Crippen LogP contribution in [0.15, 0.2) is 0 Å². The summed E-state index contributed by atoms with van der Waals surface area (Å²) in [5.41, 5.74) is 6.85. The summed E-state index contributed by atoms with van der Waals surface area (Å²) < 4.78 is 0. The predicted octanol–water partition coefficient (Wildman–Crippen LogP) is 1.23. The molecule has 2 N–H and O–H groups in total. The molecule has 0 aliphatic carbocycles. The summed E-state index contributed by atoms with van der Waals surface area (Å²) in [6, 6.07) is 0. The van der Waals surface area contributed by atoms with Gasteiger partial charge >= 0.3 is 0 Å². The number of aromatic nitrogens is 2. The lowest BCUT2D eigenvalue weighted by atomic mass is 10.3. The third-order valence-corrected chi connectivity index (χ3v) is 3.52. The number of rotatable bonds is 1. The van der Waals surface area contributed by atoms with Crippen LogP contribution in [0.25, 0.3) is 0 Å². The monoisotopic (exact) mass is 224 g/mol. The third kappa shape index (κ3) is 2.17. The first kappa shape index (κ1) is 10.5. The first-order valence-electron chi connectivity index (χ1n) is 5.12. The number of nitrogens with zero attached hydrogens (tertiary/aromatic N) is 3. The van der Waals surface area contributed by atoms with E-state index in [9.17, 15) is 0 Å². The number of hydrogen-bond donors (Lipinski definition) is 1.